The van der Waals surface area contributed by atoms with Crippen LogP contribution in [0.1, 0.15) is 18.7 Å². The lowest BCUT2D eigenvalue weighted by Crippen LogP contribution is -2.10. The van der Waals surface area contributed by atoms with Crippen LogP contribution in [0.5, 0.6) is 0 Å². The third kappa shape index (κ3) is 1.76. The van der Waals surface area contributed by atoms with Crippen LogP contribution in [-0.4, -0.2) is 0 Å². The molecule has 78 valence electrons. The van der Waals surface area contributed by atoms with Crippen LogP contribution >= 0.6 is 11.6 Å². The lowest BCUT2D eigenvalue weighted by molar-refractivity contribution is 0.442. The summed E-state index contributed by atoms with van der Waals surface area (Å²) in [6.45, 7) is 1.76. The van der Waals surface area contributed by atoms with Crippen molar-refractivity contribution in [3.8, 4) is 0 Å². The van der Waals surface area contributed by atoms with E-state index >= 15 is 0 Å². The molecule has 0 radical (unpaired) electrons. The predicted molar refractivity (Wildman–Crippen MR) is 60.1 cm³/mol. The summed E-state index contributed by atoms with van der Waals surface area (Å²) in [6, 6.07) is 6.69. The van der Waals surface area contributed by atoms with E-state index in [-0.39, 0.29) is 6.04 Å². The standard InChI is InChI=1S/C11H10ClNO2/c1-6(13)9-5-7-3-2-4-8(12)10(7)11(14)15-9/h2-6H,13H2,1H3. The summed E-state index contributed by atoms with van der Waals surface area (Å²) in [5.41, 5.74) is 5.21. The quantitative estimate of drug-likeness (QED) is 0.808. The molecule has 15 heavy (non-hydrogen) atoms. The molecule has 2 aromatic rings. The lowest BCUT2D eigenvalue weighted by Gasteiger charge is -2.05. The highest BCUT2D eigenvalue weighted by atomic mass is 35.5. The Morgan fingerprint density at radius 3 is 2.87 bits per heavy atom. The van der Waals surface area contributed by atoms with E-state index in [2.05, 4.69) is 0 Å². The van der Waals surface area contributed by atoms with Gasteiger partial charge in [0.2, 0.25) is 0 Å². The molecule has 0 spiro atoms. The molecule has 0 aliphatic rings. The molecule has 0 amide bonds. The van der Waals surface area contributed by atoms with Gasteiger partial charge in [0.25, 0.3) is 0 Å². The van der Waals surface area contributed by atoms with Gasteiger partial charge in [-0.25, -0.2) is 4.79 Å². The Balaban J connectivity index is 2.85. The minimum absolute atomic E-state index is 0.305. The van der Waals surface area contributed by atoms with E-state index in [1.165, 1.54) is 0 Å². The summed E-state index contributed by atoms with van der Waals surface area (Å²) in [5, 5.41) is 1.56. The Bertz CT molecular complexity index is 560. The van der Waals surface area contributed by atoms with E-state index in [1.807, 2.05) is 6.07 Å². The molecule has 2 N–H and O–H groups in total. The molecule has 0 saturated carbocycles. The average molecular weight is 224 g/mol. The molecule has 1 heterocycles. The summed E-state index contributed by atoms with van der Waals surface area (Å²) in [5.74, 6) is 0.467. The third-order valence-electron chi connectivity index (χ3n) is 2.21. The first-order chi connectivity index (χ1) is 7.09. The molecule has 0 aliphatic heterocycles. The fourth-order valence-corrected chi connectivity index (χ4v) is 1.70. The zero-order valence-corrected chi connectivity index (χ0v) is 8.91. The number of hydrogen-bond acceptors (Lipinski definition) is 3. The van der Waals surface area contributed by atoms with Gasteiger partial charge < -0.3 is 10.2 Å². The van der Waals surface area contributed by atoms with Crippen LogP contribution < -0.4 is 11.4 Å². The van der Waals surface area contributed by atoms with Crippen molar-refractivity contribution in [2.45, 2.75) is 13.0 Å². The summed E-state index contributed by atoms with van der Waals surface area (Å²) in [6.07, 6.45) is 0. The second-order valence-electron chi connectivity index (χ2n) is 3.43. The SMILES string of the molecule is CC(N)c1cc2cccc(Cl)c2c(=O)o1. The van der Waals surface area contributed by atoms with Crippen molar-refractivity contribution >= 4 is 22.4 Å². The van der Waals surface area contributed by atoms with Crippen molar-refractivity contribution in [1.29, 1.82) is 0 Å². The number of hydrogen-bond donors (Lipinski definition) is 1. The van der Waals surface area contributed by atoms with Gasteiger partial charge in [-0.3, -0.25) is 0 Å². The fourth-order valence-electron chi connectivity index (χ4n) is 1.44. The number of fused-ring (bicyclic) bond motifs is 1. The molecular weight excluding hydrogens is 214 g/mol. The molecule has 1 aromatic carbocycles. The van der Waals surface area contributed by atoms with Crippen LogP contribution in [0.25, 0.3) is 10.8 Å². The zero-order valence-electron chi connectivity index (χ0n) is 8.16. The van der Waals surface area contributed by atoms with Crippen LogP contribution in [0.4, 0.5) is 0 Å². The molecule has 4 heteroatoms. The topological polar surface area (TPSA) is 56.2 Å². The van der Waals surface area contributed by atoms with Gasteiger partial charge in [0.05, 0.1) is 16.5 Å². The van der Waals surface area contributed by atoms with E-state index in [0.29, 0.717) is 16.2 Å². The molecule has 0 bridgehead atoms. The second kappa shape index (κ2) is 3.68. The van der Waals surface area contributed by atoms with Crippen molar-refractivity contribution in [3.05, 3.63) is 45.5 Å². The first kappa shape index (κ1) is 10.2. The zero-order chi connectivity index (χ0) is 11.0. The van der Waals surface area contributed by atoms with Gasteiger partial charge in [0, 0.05) is 0 Å². The Hall–Kier alpha value is -1.32. The monoisotopic (exact) mass is 223 g/mol. The average Bonchev–Trinajstić information content (AvgIpc) is 2.17. The number of halogens is 1. The summed E-state index contributed by atoms with van der Waals surface area (Å²) in [7, 11) is 0. The molecular formula is C11H10ClNO2. The van der Waals surface area contributed by atoms with Gasteiger partial charge in [-0.1, -0.05) is 23.7 Å². The van der Waals surface area contributed by atoms with Crippen molar-refractivity contribution in [2.75, 3.05) is 0 Å². The van der Waals surface area contributed by atoms with Crippen LogP contribution in [0.2, 0.25) is 5.02 Å². The number of benzene rings is 1. The number of nitrogens with two attached hydrogens (primary N) is 1. The second-order valence-corrected chi connectivity index (χ2v) is 3.84. The fraction of sp³-hybridized carbons (Fsp3) is 0.182. The van der Waals surface area contributed by atoms with E-state index in [9.17, 15) is 4.79 Å². The third-order valence-corrected chi connectivity index (χ3v) is 2.52. The summed E-state index contributed by atoms with van der Waals surface area (Å²) in [4.78, 5) is 11.6. The smallest absolute Gasteiger partial charge is 0.345 e. The van der Waals surface area contributed by atoms with Gasteiger partial charge >= 0.3 is 5.63 Å². The first-order valence-electron chi connectivity index (χ1n) is 4.57. The maximum atomic E-state index is 11.6. The molecule has 3 nitrogen and oxygen atoms in total. The maximum absolute atomic E-state index is 11.6. The van der Waals surface area contributed by atoms with Gasteiger partial charge in [0.1, 0.15) is 5.76 Å². The van der Waals surface area contributed by atoms with Crippen LogP contribution in [0.3, 0.4) is 0 Å². The van der Waals surface area contributed by atoms with Crippen LogP contribution in [0, 0.1) is 0 Å². The Morgan fingerprint density at radius 1 is 1.47 bits per heavy atom. The highest BCUT2D eigenvalue weighted by Crippen LogP contribution is 2.22. The Morgan fingerprint density at radius 2 is 2.20 bits per heavy atom. The van der Waals surface area contributed by atoms with E-state index in [4.69, 9.17) is 21.8 Å². The lowest BCUT2D eigenvalue weighted by atomic mass is 10.1. The molecule has 1 unspecified atom stereocenters. The van der Waals surface area contributed by atoms with Gasteiger partial charge in [0.15, 0.2) is 0 Å². The van der Waals surface area contributed by atoms with Crippen molar-refractivity contribution < 1.29 is 4.42 Å². The van der Waals surface area contributed by atoms with E-state index in [0.717, 1.165) is 5.39 Å². The van der Waals surface area contributed by atoms with E-state index in [1.54, 1.807) is 25.1 Å². The van der Waals surface area contributed by atoms with Crippen molar-refractivity contribution in [1.82, 2.24) is 0 Å². The van der Waals surface area contributed by atoms with Crippen LogP contribution in [-0.2, 0) is 0 Å². The molecule has 0 saturated heterocycles. The largest absolute Gasteiger partial charge is 0.426 e. The summed E-state index contributed by atoms with van der Waals surface area (Å²) >= 11 is 5.90. The first-order valence-corrected chi connectivity index (χ1v) is 4.95. The van der Waals surface area contributed by atoms with Crippen molar-refractivity contribution in [3.63, 3.8) is 0 Å². The highest BCUT2D eigenvalue weighted by Gasteiger charge is 2.09. The van der Waals surface area contributed by atoms with Gasteiger partial charge in [-0.15, -0.1) is 0 Å². The minimum atomic E-state index is -0.439. The molecule has 0 aliphatic carbocycles. The molecule has 1 atom stereocenters. The predicted octanol–water partition coefficient (Wildman–Crippen LogP) is 2.47. The molecule has 2 rings (SSSR count). The Kier molecular flexibility index (Phi) is 2.50. The molecule has 1 aromatic heterocycles. The Labute approximate surface area is 91.5 Å². The normalized spacial score (nSPS) is 13.0. The number of rotatable bonds is 1. The van der Waals surface area contributed by atoms with E-state index < -0.39 is 5.63 Å². The van der Waals surface area contributed by atoms with Crippen LogP contribution in [0.15, 0.2) is 33.5 Å². The highest BCUT2D eigenvalue weighted by molar-refractivity contribution is 6.35. The minimum Gasteiger partial charge on any atom is -0.426 e. The van der Waals surface area contributed by atoms with Gasteiger partial charge in [-0.2, -0.15) is 0 Å². The van der Waals surface area contributed by atoms with Crippen molar-refractivity contribution in [2.24, 2.45) is 5.73 Å². The summed E-state index contributed by atoms with van der Waals surface area (Å²) < 4.78 is 5.07. The van der Waals surface area contributed by atoms with Gasteiger partial charge in [-0.05, 0) is 24.4 Å². The molecule has 0 fully saturated rings. The maximum Gasteiger partial charge on any atom is 0.345 e.